The first-order valence-electron chi connectivity index (χ1n) is 11.3. The molecule has 0 saturated carbocycles. The van der Waals surface area contributed by atoms with Crippen LogP contribution < -0.4 is 14.4 Å². The van der Waals surface area contributed by atoms with Gasteiger partial charge < -0.3 is 29.5 Å². The number of hydrogen-bond donors (Lipinski definition) is 2. The minimum Gasteiger partial charge on any atom is -0.497 e. The van der Waals surface area contributed by atoms with E-state index in [9.17, 15) is 14.6 Å². The van der Waals surface area contributed by atoms with Gasteiger partial charge in [0.15, 0.2) is 11.6 Å². The van der Waals surface area contributed by atoms with Gasteiger partial charge in [-0.1, -0.05) is 12.1 Å². The summed E-state index contributed by atoms with van der Waals surface area (Å²) in [5, 5.41) is 22.0. The number of para-hydroxylation sites is 1. The van der Waals surface area contributed by atoms with Crippen molar-refractivity contribution in [2.24, 2.45) is 0 Å². The van der Waals surface area contributed by atoms with E-state index >= 15 is 0 Å². The lowest BCUT2D eigenvalue weighted by molar-refractivity contribution is -0.0751. The largest absolute Gasteiger partial charge is 0.497 e. The van der Waals surface area contributed by atoms with E-state index in [1.807, 2.05) is 12.1 Å². The second kappa shape index (κ2) is 9.65. The maximum absolute atomic E-state index is 13.8. The highest BCUT2D eigenvalue weighted by atomic mass is 19.1. The summed E-state index contributed by atoms with van der Waals surface area (Å²) in [6.07, 6.45) is 2.48. The molecule has 174 valence electrons. The number of nitrogens with zero attached hydrogens (tertiary/aromatic N) is 2. The summed E-state index contributed by atoms with van der Waals surface area (Å²) in [5.41, 5.74) is -0.549. The summed E-state index contributed by atoms with van der Waals surface area (Å²) in [4.78, 5) is 4.52. The second-order valence-corrected chi connectivity index (χ2v) is 9.13. The number of rotatable bonds is 7. The highest BCUT2D eigenvalue weighted by molar-refractivity contribution is 5.49. The molecule has 0 atom stereocenters. The average Bonchev–Trinajstić information content (AvgIpc) is 2.81. The van der Waals surface area contributed by atoms with Gasteiger partial charge in [0.1, 0.15) is 18.0 Å². The molecule has 2 aliphatic rings. The normalized spacial score (nSPS) is 20.7. The molecule has 32 heavy (non-hydrogen) atoms. The Morgan fingerprint density at radius 2 is 1.50 bits per heavy atom. The van der Waals surface area contributed by atoms with E-state index < -0.39 is 17.0 Å². The van der Waals surface area contributed by atoms with Crippen LogP contribution in [-0.4, -0.2) is 72.8 Å². The standard InChI is InChI=1S/C25H33FN2O4/c1-31-21-8-6-20(7-9-21)28-16-12-24(29,13-17-28)18-27-14-10-25(30,11-15-27)19-32-23-5-3-2-4-22(23)26/h2-9,29-30H,10-19H2,1H3. The van der Waals surface area contributed by atoms with Gasteiger partial charge in [-0.15, -0.1) is 0 Å². The maximum Gasteiger partial charge on any atom is 0.165 e. The molecular formula is C25H33FN2O4. The summed E-state index contributed by atoms with van der Waals surface area (Å²) in [5.74, 6) is 0.588. The molecular weight excluding hydrogens is 411 g/mol. The van der Waals surface area contributed by atoms with Gasteiger partial charge in [0.05, 0.1) is 12.7 Å². The first kappa shape index (κ1) is 22.8. The number of aliphatic hydroxyl groups is 2. The van der Waals surface area contributed by atoms with Crippen LogP contribution in [0, 0.1) is 5.82 Å². The highest BCUT2D eigenvalue weighted by Crippen LogP contribution is 2.31. The van der Waals surface area contributed by atoms with Crippen LogP contribution in [-0.2, 0) is 0 Å². The highest BCUT2D eigenvalue weighted by Gasteiger charge is 2.38. The molecule has 0 amide bonds. The van der Waals surface area contributed by atoms with Gasteiger partial charge in [0.25, 0.3) is 0 Å². The molecule has 2 fully saturated rings. The van der Waals surface area contributed by atoms with Crippen molar-refractivity contribution in [1.82, 2.24) is 4.90 Å². The van der Waals surface area contributed by atoms with E-state index in [1.165, 1.54) is 6.07 Å². The molecule has 0 unspecified atom stereocenters. The quantitative estimate of drug-likeness (QED) is 0.684. The number of hydrogen-bond acceptors (Lipinski definition) is 6. The Labute approximate surface area is 189 Å². The van der Waals surface area contributed by atoms with Crippen LogP contribution >= 0.6 is 0 Å². The molecule has 7 heteroatoms. The van der Waals surface area contributed by atoms with Crippen molar-refractivity contribution in [2.75, 3.05) is 51.3 Å². The van der Waals surface area contributed by atoms with Crippen molar-refractivity contribution >= 4 is 5.69 Å². The van der Waals surface area contributed by atoms with Crippen LogP contribution in [0.1, 0.15) is 25.7 Å². The lowest BCUT2D eigenvalue weighted by Crippen LogP contribution is -2.55. The third-order valence-electron chi connectivity index (χ3n) is 6.77. The summed E-state index contributed by atoms with van der Waals surface area (Å²) in [6.45, 7) is 3.65. The van der Waals surface area contributed by atoms with Gasteiger partial charge >= 0.3 is 0 Å². The Balaban J connectivity index is 1.23. The number of methoxy groups -OCH3 is 1. The summed E-state index contributed by atoms with van der Waals surface area (Å²) < 4.78 is 24.5. The van der Waals surface area contributed by atoms with E-state index in [1.54, 1.807) is 25.3 Å². The molecule has 2 heterocycles. The summed E-state index contributed by atoms with van der Waals surface area (Å²) in [7, 11) is 1.66. The van der Waals surface area contributed by atoms with Crippen LogP contribution in [0.5, 0.6) is 11.5 Å². The lowest BCUT2D eigenvalue weighted by atomic mass is 9.87. The minimum absolute atomic E-state index is 0.0723. The van der Waals surface area contributed by atoms with Gasteiger partial charge in [0, 0.05) is 38.4 Å². The number of piperidine rings is 2. The van der Waals surface area contributed by atoms with Crippen molar-refractivity contribution in [2.45, 2.75) is 36.9 Å². The molecule has 4 rings (SSSR count). The number of benzene rings is 2. The first-order chi connectivity index (χ1) is 15.4. The minimum atomic E-state index is -0.973. The molecule has 0 spiro atoms. The topological polar surface area (TPSA) is 65.4 Å². The SMILES string of the molecule is COc1ccc(N2CCC(O)(CN3CCC(O)(COc4ccccc4F)CC3)CC2)cc1. The molecule has 2 aromatic carbocycles. The third-order valence-corrected chi connectivity index (χ3v) is 6.77. The molecule has 2 aromatic rings. The molecule has 0 aliphatic carbocycles. The number of likely N-dealkylation sites (tertiary alicyclic amines) is 1. The molecule has 0 bridgehead atoms. The third kappa shape index (κ3) is 5.52. The summed E-state index contributed by atoms with van der Waals surface area (Å²) in [6, 6.07) is 14.3. The Kier molecular flexibility index (Phi) is 6.88. The van der Waals surface area contributed by atoms with Crippen LogP contribution in [0.15, 0.2) is 48.5 Å². The van der Waals surface area contributed by atoms with Crippen molar-refractivity contribution in [3.63, 3.8) is 0 Å². The van der Waals surface area contributed by atoms with Gasteiger partial charge in [0.2, 0.25) is 0 Å². The molecule has 2 N–H and O–H groups in total. The fraction of sp³-hybridized carbons (Fsp3) is 0.520. The Hall–Kier alpha value is -2.35. The van der Waals surface area contributed by atoms with Gasteiger partial charge in [-0.05, 0) is 62.1 Å². The zero-order valence-corrected chi connectivity index (χ0v) is 18.7. The van der Waals surface area contributed by atoms with Crippen molar-refractivity contribution in [3.8, 4) is 11.5 Å². The van der Waals surface area contributed by atoms with Crippen LogP contribution in [0.2, 0.25) is 0 Å². The predicted octanol–water partition coefficient (Wildman–Crippen LogP) is 3.07. The molecule has 6 nitrogen and oxygen atoms in total. The smallest absolute Gasteiger partial charge is 0.165 e. The van der Waals surface area contributed by atoms with Crippen LogP contribution in [0.25, 0.3) is 0 Å². The number of ether oxygens (including phenoxy) is 2. The van der Waals surface area contributed by atoms with Gasteiger partial charge in [-0.3, -0.25) is 0 Å². The Morgan fingerprint density at radius 1 is 0.875 bits per heavy atom. The monoisotopic (exact) mass is 444 g/mol. The second-order valence-electron chi connectivity index (χ2n) is 9.13. The van der Waals surface area contributed by atoms with Crippen LogP contribution in [0.4, 0.5) is 10.1 Å². The van der Waals surface area contributed by atoms with E-state index in [0.717, 1.165) is 24.5 Å². The fourth-order valence-corrected chi connectivity index (χ4v) is 4.59. The van der Waals surface area contributed by atoms with Gasteiger partial charge in [-0.2, -0.15) is 0 Å². The van der Waals surface area contributed by atoms with Gasteiger partial charge in [-0.25, -0.2) is 4.39 Å². The number of halogens is 1. The van der Waals surface area contributed by atoms with E-state index in [0.29, 0.717) is 45.3 Å². The molecule has 0 aromatic heterocycles. The van der Waals surface area contributed by atoms with Crippen molar-refractivity contribution in [3.05, 3.63) is 54.3 Å². The lowest BCUT2D eigenvalue weighted by Gasteiger charge is -2.44. The molecule has 2 saturated heterocycles. The summed E-state index contributed by atoms with van der Waals surface area (Å²) >= 11 is 0. The van der Waals surface area contributed by atoms with E-state index in [4.69, 9.17) is 9.47 Å². The molecule has 0 radical (unpaired) electrons. The number of β-amino-alcohol motifs (C(OH)–C–C–N with tert-alkyl or cyclic N) is 1. The predicted molar refractivity (Wildman–Crippen MR) is 122 cm³/mol. The van der Waals surface area contributed by atoms with E-state index in [2.05, 4.69) is 21.9 Å². The van der Waals surface area contributed by atoms with Crippen molar-refractivity contribution < 1.29 is 24.1 Å². The molecule has 2 aliphatic heterocycles. The average molecular weight is 445 g/mol. The van der Waals surface area contributed by atoms with Crippen molar-refractivity contribution in [1.29, 1.82) is 0 Å². The maximum atomic E-state index is 13.8. The Morgan fingerprint density at radius 3 is 2.12 bits per heavy atom. The van der Waals surface area contributed by atoms with Crippen LogP contribution in [0.3, 0.4) is 0 Å². The number of anilines is 1. The zero-order valence-electron chi connectivity index (χ0n) is 18.7. The fourth-order valence-electron chi connectivity index (χ4n) is 4.59. The van der Waals surface area contributed by atoms with E-state index in [-0.39, 0.29) is 12.4 Å². The zero-order chi connectivity index (χ0) is 22.6. The Bertz CT molecular complexity index is 876. The first-order valence-corrected chi connectivity index (χ1v) is 11.3.